The van der Waals surface area contributed by atoms with Gasteiger partial charge in [0.05, 0.1) is 0 Å². The zero-order valence-corrected chi connectivity index (χ0v) is 9.68. The molecule has 0 spiro atoms. The van der Waals surface area contributed by atoms with E-state index in [0.717, 1.165) is 17.7 Å². The molecule has 0 unspecified atom stereocenters. The van der Waals surface area contributed by atoms with Gasteiger partial charge in [-0.3, -0.25) is 4.79 Å². The minimum atomic E-state index is 0. The maximum absolute atomic E-state index is 11.3. The van der Waals surface area contributed by atoms with Crippen molar-refractivity contribution in [3.63, 3.8) is 0 Å². The summed E-state index contributed by atoms with van der Waals surface area (Å²) in [4.78, 5) is 13.0. The minimum absolute atomic E-state index is 0. The molecule has 1 aromatic rings. The molecule has 0 fully saturated rings. The molecule has 2 rings (SSSR count). The number of nitrogens with zero attached hydrogens (tertiary/aromatic N) is 1. The van der Waals surface area contributed by atoms with E-state index in [2.05, 4.69) is 6.07 Å². The van der Waals surface area contributed by atoms with Gasteiger partial charge in [-0.15, -0.1) is 5.56 Å². The third-order valence-corrected chi connectivity index (χ3v) is 1.93. The van der Waals surface area contributed by atoms with Crippen molar-refractivity contribution in [3.8, 4) is 0 Å². The molecule has 1 aromatic carbocycles. The molecule has 0 saturated carbocycles. The number of carbonyl (C=O) groups excluding carboxylic acids is 1. The Morgan fingerprint density at radius 2 is 2.23 bits per heavy atom. The van der Waals surface area contributed by atoms with Gasteiger partial charge in [-0.05, 0) is 0 Å². The summed E-state index contributed by atoms with van der Waals surface area (Å²) < 4.78 is 0. The topological polar surface area (TPSA) is 20.3 Å². The van der Waals surface area contributed by atoms with Crippen LogP contribution in [0.25, 0.3) is 0 Å². The van der Waals surface area contributed by atoms with Crippen molar-refractivity contribution < 1.29 is 30.6 Å². The molecule has 1 aliphatic rings. The number of amides is 1. The molecule has 1 radical (unpaired) electrons. The van der Waals surface area contributed by atoms with Gasteiger partial charge in [-0.1, -0.05) is 5.56 Å². The number of hydrogen-bond acceptors (Lipinski definition) is 1. The van der Waals surface area contributed by atoms with Gasteiger partial charge in [0.15, 0.2) is 0 Å². The van der Waals surface area contributed by atoms with Crippen LogP contribution >= 0.6 is 0 Å². The van der Waals surface area contributed by atoms with E-state index in [1.165, 1.54) is 0 Å². The van der Waals surface area contributed by atoms with E-state index in [1.54, 1.807) is 11.0 Å². The average molecular weight is 206 g/mol. The first-order valence-electron chi connectivity index (χ1n) is 3.53. The van der Waals surface area contributed by atoms with E-state index in [0.29, 0.717) is 0 Å². The largest absolute Gasteiger partial charge is 0.358 e. The van der Waals surface area contributed by atoms with Crippen LogP contribution in [0.3, 0.4) is 0 Å². The fourth-order valence-electron chi connectivity index (χ4n) is 1.34. The summed E-state index contributed by atoms with van der Waals surface area (Å²) in [5.41, 5.74) is 1.91. The van der Waals surface area contributed by atoms with Gasteiger partial charge in [0.25, 0.3) is 0 Å². The van der Waals surface area contributed by atoms with Gasteiger partial charge >= 0.3 is 0 Å². The Kier molecular flexibility index (Phi) is 4.54. The molecule has 3 heteroatoms. The van der Waals surface area contributed by atoms with Crippen molar-refractivity contribution in [1.29, 1.82) is 0 Å². The van der Waals surface area contributed by atoms with Crippen LogP contribution in [0.5, 0.6) is 0 Å². The summed E-state index contributed by atoms with van der Waals surface area (Å²) in [5.74, 6) is 0.119. The van der Waals surface area contributed by atoms with Crippen molar-refractivity contribution in [2.24, 2.45) is 0 Å². The van der Waals surface area contributed by atoms with E-state index in [-0.39, 0.29) is 39.2 Å². The molecule has 67 valence electrons. The van der Waals surface area contributed by atoms with Crippen LogP contribution in [0.1, 0.15) is 15.9 Å². The second-order valence-electron chi connectivity index (χ2n) is 2.74. The van der Waals surface area contributed by atoms with Crippen LogP contribution < -0.4 is 0 Å². The molecule has 13 heavy (non-hydrogen) atoms. The molecular weight excluding hydrogens is 195 g/mol. The Morgan fingerprint density at radius 3 is 2.85 bits per heavy atom. The fourth-order valence-corrected chi connectivity index (χ4v) is 1.34. The molecule has 0 atom stereocenters. The van der Waals surface area contributed by atoms with Crippen molar-refractivity contribution >= 4 is 5.91 Å². The predicted molar refractivity (Wildman–Crippen MR) is 47.5 cm³/mol. The number of hydrogen-bond donors (Lipinski definition) is 0. The predicted octanol–water partition coefficient (Wildman–Crippen LogP) is 1.52. The third kappa shape index (κ3) is 2.08. The van der Waals surface area contributed by atoms with Crippen LogP contribution in [0.2, 0.25) is 0 Å². The monoisotopic (exact) mass is 206 g/mol. The molecule has 2 nitrogen and oxygen atoms in total. The molecule has 0 aromatic heterocycles. The first kappa shape index (κ1) is 12.6. The molecule has 0 N–H and O–H groups in total. The molecule has 1 amide bonds. The molecule has 0 bridgehead atoms. The van der Waals surface area contributed by atoms with E-state index >= 15 is 0 Å². The van der Waals surface area contributed by atoms with Crippen molar-refractivity contribution in [1.82, 2.24) is 4.90 Å². The van der Waals surface area contributed by atoms with Crippen molar-refractivity contribution in [2.75, 3.05) is 7.05 Å². The van der Waals surface area contributed by atoms with E-state index in [1.807, 2.05) is 19.2 Å². The maximum atomic E-state index is 11.3. The van der Waals surface area contributed by atoms with Crippen LogP contribution in [-0.4, -0.2) is 17.9 Å². The van der Waals surface area contributed by atoms with E-state index in [9.17, 15) is 4.79 Å². The first-order valence-corrected chi connectivity index (χ1v) is 3.53. The smallest absolute Gasteiger partial charge is 0.228 e. The average Bonchev–Trinajstić information content (AvgIpc) is 2.30. The quantitative estimate of drug-likeness (QED) is 0.589. The maximum Gasteiger partial charge on any atom is 0.228 e. The molecular formula is C10H11NOSc-2. The van der Waals surface area contributed by atoms with Crippen LogP contribution in [0, 0.1) is 13.5 Å². The van der Waals surface area contributed by atoms with Crippen molar-refractivity contribution in [2.45, 2.75) is 6.54 Å². The first-order chi connectivity index (χ1) is 5.29. The molecule has 1 heterocycles. The van der Waals surface area contributed by atoms with Gasteiger partial charge in [0.1, 0.15) is 0 Å². The number of rotatable bonds is 0. The van der Waals surface area contributed by atoms with Gasteiger partial charge in [0, 0.05) is 39.4 Å². The van der Waals surface area contributed by atoms with Crippen LogP contribution in [0.15, 0.2) is 18.2 Å². The summed E-state index contributed by atoms with van der Waals surface area (Å²) in [6.45, 7) is 0.728. The molecule has 0 aliphatic carbocycles. The number of benzene rings is 1. The number of fused-ring (bicyclic) bond motifs is 1. The Labute approximate surface area is 97.7 Å². The summed E-state index contributed by atoms with van der Waals surface area (Å²) >= 11 is 0. The van der Waals surface area contributed by atoms with Gasteiger partial charge < -0.3 is 12.3 Å². The second kappa shape index (κ2) is 4.70. The Morgan fingerprint density at radius 1 is 1.54 bits per heavy atom. The van der Waals surface area contributed by atoms with Crippen molar-refractivity contribution in [3.05, 3.63) is 42.8 Å². The fraction of sp³-hybridized carbons (Fsp3) is 0.200. The second-order valence-corrected chi connectivity index (χ2v) is 2.74. The van der Waals surface area contributed by atoms with E-state index in [4.69, 9.17) is 0 Å². The van der Waals surface area contributed by atoms with Gasteiger partial charge in [-0.25, -0.2) is 0 Å². The molecule has 0 saturated heterocycles. The summed E-state index contributed by atoms with van der Waals surface area (Å²) in [6, 6.07) is 8.42. The summed E-state index contributed by atoms with van der Waals surface area (Å²) in [5, 5.41) is 0. The Balaban J connectivity index is 0.000000720. The Hall–Kier alpha value is -0.440. The van der Waals surface area contributed by atoms with Gasteiger partial charge in [0.2, 0.25) is 5.91 Å². The standard InChI is InChI=1S/C9H8NO.CH3.Sc/c1-10-6-7-4-2-3-5-8(7)9(10)11;;/h3-5H,6H2,1H3;1H3;/q2*-1;. The summed E-state index contributed by atoms with van der Waals surface area (Å²) in [6.07, 6.45) is 0. The zero-order valence-electron chi connectivity index (χ0n) is 7.87. The van der Waals surface area contributed by atoms with Crippen LogP contribution in [-0.2, 0) is 32.4 Å². The minimum Gasteiger partial charge on any atom is -0.358 e. The van der Waals surface area contributed by atoms with Crippen LogP contribution in [0.4, 0.5) is 0 Å². The van der Waals surface area contributed by atoms with E-state index < -0.39 is 0 Å². The number of carbonyl (C=O) groups is 1. The van der Waals surface area contributed by atoms with Gasteiger partial charge in [-0.2, -0.15) is 24.3 Å². The zero-order chi connectivity index (χ0) is 7.84. The molecule has 1 aliphatic heterocycles. The SMILES string of the molecule is CN1Cc2c[c-]ccc2C1=O.[CH3-].[Sc]. The Bertz CT molecular complexity index is 312. The third-order valence-electron chi connectivity index (χ3n) is 1.93. The normalized spacial score (nSPS) is 13.0. The summed E-state index contributed by atoms with van der Waals surface area (Å²) in [7, 11) is 1.81.